The number of esters is 1. The lowest BCUT2D eigenvalue weighted by atomic mass is 10.1. The Morgan fingerprint density at radius 3 is 2.59 bits per heavy atom. The van der Waals surface area contributed by atoms with Crippen LogP contribution < -0.4 is 15.4 Å². The van der Waals surface area contributed by atoms with Crippen LogP contribution in [0.3, 0.4) is 0 Å². The minimum Gasteiger partial charge on any atom is -0.495 e. The van der Waals surface area contributed by atoms with Gasteiger partial charge in [0, 0.05) is 23.5 Å². The van der Waals surface area contributed by atoms with Crippen molar-refractivity contribution in [3.63, 3.8) is 0 Å². The van der Waals surface area contributed by atoms with Gasteiger partial charge in [-0.05, 0) is 23.8 Å². The number of carbonyl (C=O) groups excluding carboxylic acids is 2. The van der Waals surface area contributed by atoms with E-state index in [2.05, 4.69) is 15.6 Å². The summed E-state index contributed by atoms with van der Waals surface area (Å²) in [7, 11) is 2.82. The average molecular weight is 367 g/mol. The smallest absolute Gasteiger partial charge is 0.328 e. The summed E-state index contributed by atoms with van der Waals surface area (Å²) >= 11 is 0. The van der Waals surface area contributed by atoms with Crippen LogP contribution in [0, 0.1) is 0 Å². The maximum Gasteiger partial charge on any atom is 0.328 e. The molecule has 1 aromatic heterocycles. The molecule has 0 fully saturated rings. The van der Waals surface area contributed by atoms with Crippen molar-refractivity contribution in [2.24, 2.45) is 0 Å². The number of benzene rings is 2. The number of aromatic amines is 1. The topological polar surface area (TPSA) is 92.5 Å². The number of anilines is 1. The van der Waals surface area contributed by atoms with Gasteiger partial charge in [0.2, 0.25) is 0 Å². The van der Waals surface area contributed by atoms with Crippen LogP contribution in [0.4, 0.5) is 10.5 Å². The van der Waals surface area contributed by atoms with Gasteiger partial charge in [-0.3, -0.25) is 0 Å². The molecule has 0 spiro atoms. The molecule has 0 bridgehead atoms. The summed E-state index contributed by atoms with van der Waals surface area (Å²) in [6.45, 7) is 0. The van der Waals surface area contributed by atoms with Gasteiger partial charge >= 0.3 is 12.0 Å². The molecule has 1 atom stereocenters. The van der Waals surface area contributed by atoms with Crippen molar-refractivity contribution in [3.8, 4) is 5.75 Å². The van der Waals surface area contributed by atoms with E-state index in [-0.39, 0.29) is 0 Å². The number of hydrogen-bond donors (Lipinski definition) is 3. The highest BCUT2D eigenvalue weighted by atomic mass is 16.5. The SMILES string of the molecule is COC(=O)[C@@H](Cc1c[nH]c2ccccc12)NC(=O)Nc1ccccc1OC. The number of fused-ring (bicyclic) bond motifs is 1. The third-order valence-corrected chi connectivity index (χ3v) is 4.25. The van der Waals surface area contributed by atoms with Crippen LogP contribution >= 0.6 is 0 Å². The van der Waals surface area contributed by atoms with Gasteiger partial charge in [0.15, 0.2) is 0 Å². The van der Waals surface area contributed by atoms with E-state index >= 15 is 0 Å². The Morgan fingerprint density at radius 2 is 1.81 bits per heavy atom. The predicted octanol–water partition coefficient (Wildman–Crippen LogP) is 3.08. The largest absolute Gasteiger partial charge is 0.495 e. The fourth-order valence-electron chi connectivity index (χ4n) is 2.92. The summed E-state index contributed by atoms with van der Waals surface area (Å²) in [5, 5.41) is 6.37. The lowest BCUT2D eigenvalue weighted by molar-refractivity contribution is -0.142. The molecule has 3 N–H and O–H groups in total. The highest BCUT2D eigenvalue weighted by molar-refractivity contribution is 5.94. The average Bonchev–Trinajstić information content (AvgIpc) is 3.10. The first-order valence-corrected chi connectivity index (χ1v) is 8.45. The monoisotopic (exact) mass is 367 g/mol. The van der Waals surface area contributed by atoms with E-state index < -0.39 is 18.0 Å². The molecule has 7 heteroatoms. The quantitative estimate of drug-likeness (QED) is 0.584. The molecule has 3 aromatic rings. The van der Waals surface area contributed by atoms with Gasteiger partial charge in [-0.2, -0.15) is 0 Å². The van der Waals surface area contributed by atoms with E-state index in [4.69, 9.17) is 9.47 Å². The van der Waals surface area contributed by atoms with E-state index in [1.807, 2.05) is 30.5 Å². The maximum absolute atomic E-state index is 12.4. The van der Waals surface area contributed by atoms with Gasteiger partial charge in [0.25, 0.3) is 0 Å². The Labute approximate surface area is 156 Å². The Balaban J connectivity index is 1.75. The zero-order valence-corrected chi connectivity index (χ0v) is 15.1. The summed E-state index contributed by atoms with van der Waals surface area (Å²) in [5.74, 6) is 0.00866. The Kier molecular flexibility index (Phi) is 5.61. The number of ether oxygens (including phenoxy) is 2. The molecular formula is C20H21N3O4. The maximum atomic E-state index is 12.4. The van der Waals surface area contributed by atoms with Crippen LogP contribution in [0.5, 0.6) is 5.75 Å². The van der Waals surface area contributed by atoms with E-state index in [1.54, 1.807) is 24.3 Å². The Morgan fingerprint density at radius 1 is 1.07 bits per heavy atom. The summed E-state index contributed by atoms with van der Waals surface area (Å²) in [6.07, 6.45) is 2.14. The number of H-pyrrole nitrogens is 1. The van der Waals surface area contributed by atoms with Crippen molar-refractivity contribution in [3.05, 3.63) is 60.3 Å². The molecule has 0 aliphatic rings. The van der Waals surface area contributed by atoms with Crippen LogP contribution in [0.2, 0.25) is 0 Å². The first kappa shape index (κ1) is 18.3. The molecule has 2 amide bonds. The number of aromatic nitrogens is 1. The second-order valence-electron chi connectivity index (χ2n) is 5.94. The van der Waals surface area contributed by atoms with Gasteiger partial charge in [-0.25, -0.2) is 9.59 Å². The van der Waals surface area contributed by atoms with E-state index in [1.165, 1.54) is 14.2 Å². The third kappa shape index (κ3) is 4.20. The Hall–Kier alpha value is -3.48. The molecule has 2 aromatic carbocycles. The third-order valence-electron chi connectivity index (χ3n) is 4.25. The van der Waals surface area contributed by atoms with Crippen LogP contribution in [-0.4, -0.2) is 37.2 Å². The fraction of sp³-hybridized carbons (Fsp3) is 0.200. The number of hydrogen-bond acceptors (Lipinski definition) is 4. The number of urea groups is 1. The van der Waals surface area contributed by atoms with Gasteiger partial charge in [0.05, 0.1) is 19.9 Å². The van der Waals surface area contributed by atoms with Crippen LogP contribution in [0.1, 0.15) is 5.56 Å². The van der Waals surface area contributed by atoms with Crippen molar-refractivity contribution < 1.29 is 19.1 Å². The highest BCUT2D eigenvalue weighted by Crippen LogP contribution is 2.23. The molecular weight excluding hydrogens is 346 g/mol. The molecule has 0 aliphatic heterocycles. The molecule has 140 valence electrons. The number of rotatable bonds is 6. The van der Waals surface area contributed by atoms with Crippen molar-refractivity contribution in [1.82, 2.24) is 10.3 Å². The number of methoxy groups -OCH3 is 2. The van der Waals surface area contributed by atoms with Gasteiger partial charge in [-0.15, -0.1) is 0 Å². The molecule has 0 saturated carbocycles. The summed E-state index contributed by atoms with van der Waals surface area (Å²) in [4.78, 5) is 27.8. The van der Waals surface area contributed by atoms with Crippen molar-refractivity contribution in [2.75, 3.05) is 19.5 Å². The van der Waals surface area contributed by atoms with Crippen LogP contribution in [0.15, 0.2) is 54.7 Å². The lowest BCUT2D eigenvalue weighted by Gasteiger charge is -2.17. The van der Waals surface area contributed by atoms with Crippen molar-refractivity contribution >= 4 is 28.6 Å². The molecule has 27 heavy (non-hydrogen) atoms. The molecule has 0 radical (unpaired) electrons. The summed E-state index contributed by atoms with van der Waals surface area (Å²) < 4.78 is 10.1. The molecule has 1 heterocycles. The second-order valence-corrected chi connectivity index (χ2v) is 5.94. The molecule has 3 rings (SSSR count). The number of carbonyl (C=O) groups is 2. The minimum absolute atomic E-state index is 0.302. The van der Waals surface area contributed by atoms with Crippen molar-refractivity contribution in [1.29, 1.82) is 0 Å². The van der Waals surface area contributed by atoms with Crippen LogP contribution in [0.25, 0.3) is 10.9 Å². The van der Waals surface area contributed by atoms with Gasteiger partial charge in [-0.1, -0.05) is 30.3 Å². The molecule has 0 unspecified atom stereocenters. The minimum atomic E-state index is -0.830. The van der Waals surface area contributed by atoms with Crippen LogP contribution in [-0.2, 0) is 16.0 Å². The number of amides is 2. The standard InChI is InChI=1S/C20H21N3O4/c1-26-18-10-6-5-9-16(18)22-20(25)23-17(19(24)27-2)11-13-12-21-15-8-4-3-7-14(13)15/h3-10,12,17,21H,11H2,1-2H3,(H2,22,23,25)/t17-/m1/s1. The van der Waals surface area contributed by atoms with Crippen molar-refractivity contribution in [2.45, 2.75) is 12.5 Å². The molecule has 0 aliphatic carbocycles. The first-order valence-electron chi connectivity index (χ1n) is 8.45. The number of nitrogens with one attached hydrogen (secondary N) is 3. The fourth-order valence-corrected chi connectivity index (χ4v) is 2.92. The first-order chi connectivity index (χ1) is 13.1. The number of para-hydroxylation sites is 3. The molecule has 0 saturated heterocycles. The zero-order valence-electron chi connectivity index (χ0n) is 15.1. The Bertz CT molecular complexity index is 951. The lowest BCUT2D eigenvalue weighted by Crippen LogP contribution is -2.45. The summed E-state index contributed by atoms with van der Waals surface area (Å²) in [6, 6.07) is 13.5. The van der Waals surface area contributed by atoms with E-state index in [0.29, 0.717) is 17.9 Å². The molecule has 7 nitrogen and oxygen atoms in total. The van der Waals surface area contributed by atoms with Gasteiger partial charge < -0.3 is 25.1 Å². The van der Waals surface area contributed by atoms with E-state index in [9.17, 15) is 9.59 Å². The zero-order chi connectivity index (χ0) is 19.2. The highest BCUT2D eigenvalue weighted by Gasteiger charge is 2.23. The van der Waals surface area contributed by atoms with E-state index in [0.717, 1.165) is 16.5 Å². The summed E-state index contributed by atoms with van der Waals surface area (Å²) in [5.41, 5.74) is 2.39. The normalized spacial score (nSPS) is 11.6. The predicted molar refractivity (Wildman–Crippen MR) is 103 cm³/mol. The van der Waals surface area contributed by atoms with Gasteiger partial charge in [0.1, 0.15) is 11.8 Å². The second kappa shape index (κ2) is 8.27.